The molecule has 0 amide bonds. The van der Waals surface area contributed by atoms with Crippen molar-refractivity contribution in [3.63, 3.8) is 0 Å². The highest BCUT2D eigenvalue weighted by atomic mass is 19.1. The second kappa shape index (κ2) is 5.29. The van der Waals surface area contributed by atoms with Crippen LogP contribution >= 0.6 is 0 Å². The van der Waals surface area contributed by atoms with Gasteiger partial charge in [-0.2, -0.15) is 5.10 Å². The summed E-state index contributed by atoms with van der Waals surface area (Å²) >= 11 is 0. The lowest BCUT2D eigenvalue weighted by Crippen LogP contribution is -2.31. The van der Waals surface area contributed by atoms with Crippen molar-refractivity contribution in [2.24, 2.45) is 5.84 Å². The molecule has 2 aromatic rings. The summed E-state index contributed by atoms with van der Waals surface area (Å²) in [7, 11) is 0. The van der Waals surface area contributed by atoms with Gasteiger partial charge in [0.25, 0.3) is 0 Å². The van der Waals surface area contributed by atoms with Crippen LogP contribution < -0.4 is 11.3 Å². The Morgan fingerprint density at radius 2 is 2.22 bits per heavy atom. The van der Waals surface area contributed by atoms with Crippen molar-refractivity contribution >= 4 is 0 Å². The Morgan fingerprint density at radius 3 is 2.83 bits per heavy atom. The molecule has 1 aromatic heterocycles. The maximum atomic E-state index is 13.1. The van der Waals surface area contributed by atoms with E-state index in [2.05, 4.69) is 10.5 Å². The Hall–Kier alpha value is -1.72. The average molecular weight is 248 g/mol. The van der Waals surface area contributed by atoms with Crippen molar-refractivity contribution in [2.45, 2.75) is 26.4 Å². The summed E-state index contributed by atoms with van der Waals surface area (Å²) < 4.78 is 15.0. The molecule has 1 unspecified atom stereocenters. The van der Waals surface area contributed by atoms with Crippen molar-refractivity contribution in [3.05, 3.63) is 53.1 Å². The molecule has 1 aromatic carbocycles. The van der Waals surface area contributed by atoms with Crippen LogP contribution in [-0.2, 0) is 6.54 Å². The Kier molecular flexibility index (Phi) is 3.74. The van der Waals surface area contributed by atoms with Gasteiger partial charge in [0.15, 0.2) is 0 Å². The average Bonchev–Trinajstić information content (AvgIpc) is 2.81. The third-order valence-corrected chi connectivity index (χ3v) is 3.05. The predicted octanol–water partition coefficient (Wildman–Crippen LogP) is 1.90. The molecule has 18 heavy (non-hydrogen) atoms. The first-order valence-electron chi connectivity index (χ1n) is 5.91. The van der Waals surface area contributed by atoms with E-state index in [0.29, 0.717) is 0 Å². The van der Waals surface area contributed by atoms with Crippen LogP contribution in [0, 0.1) is 12.7 Å². The number of nitrogens with one attached hydrogen (secondary N) is 1. The van der Waals surface area contributed by atoms with E-state index in [-0.39, 0.29) is 11.9 Å². The Labute approximate surface area is 106 Å². The second-order valence-corrected chi connectivity index (χ2v) is 4.17. The maximum absolute atomic E-state index is 13.1. The Bertz CT molecular complexity index is 536. The van der Waals surface area contributed by atoms with Gasteiger partial charge in [-0.1, -0.05) is 6.07 Å². The number of hydrogen-bond acceptors (Lipinski definition) is 3. The fraction of sp³-hybridized carbons (Fsp3) is 0.308. The second-order valence-electron chi connectivity index (χ2n) is 4.17. The number of nitrogens with two attached hydrogens (primary N) is 1. The van der Waals surface area contributed by atoms with E-state index < -0.39 is 0 Å². The monoisotopic (exact) mass is 248 g/mol. The highest BCUT2D eigenvalue weighted by molar-refractivity contribution is 5.34. The molecule has 1 atom stereocenters. The standard InChI is InChI=1S/C13H17FN4/c1-3-18-12(6-7-16-18)13(17-15)11-5-4-10(14)8-9(11)2/h4-8,13,17H,3,15H2,1-2H3. The van der Waals surface area contributed by atoms with Gasteiger partial charge in [-0.05, 0) is 43.2 Å². The van der Waals surface area contributed by atoms with Crippen molar-refractivity contribution in [1.29, 1.82) is 0 Å². The number of rotatable bonds is 4. The maximum Gasteiger partial charge on any atom is 0.123 e. The summed E-state index contributed by atoms with van der Waals surface area (Å²) in [4.78, 5) is 0. The van der Waals surface area contributed by atoms with E-state index in [9.17, 15) is 4.39 Å². The van der Waals surface area contributed by atoms with Crippen LogP contribution in [-0.4, -0.2) is 9.78 Å². The highest BCUT2D eigenvalue weighted by Crippen LogP contribution is 2.24. The van der Waals surface area contributed by atoms with Gasteiger partial charge in [-0.3, -0.25) is 10.5 Å². The molecular formula is C13H17FN4. The predicted molar refractivity (Wildman–Crippen MR) is 68.2 cm³/mol. The van der Waals surface area contributed by atoms with Gasteiger partial charge in [-0.25, -0.2) is 9.82 Å². The molecule has 3 N–H and O–H groups in total. The highest BCUT2D eigenvalue weighted by Gasteiger charge is 2.18. The molecule has 1 heterocycles. The van der Waals surface area contributed by atoms with Crippen LogP contribution in [0.1, 0.15) is 29.8 Å². The van der Waals surface area contributed by atoms with Crippen LogP contribution in [0.5, 0.6) is 0 Å². The fourth-order valence-corrected chi connectivity index (χ4v) is 2.15. The largest absolute Gasteiger partial charge is 0.271 e. The molecule has 4 nitrogen and oxygen atoms in total. The van der Waals surface area contributed by atoms with Crippen molar-refractivity contribution in [2.75, 3.05) is 0 Å². The van der Waals surface area contributed by atoms with Gasteiger partial charge >= 0.3 is 0 Å². The quantitative estimate of drug-likeness (QED) is 0.642. The SMILES string of the molecule is CCn1nccc1C(NN)c1ccc(F)cc1C. The minimum Gasteiger partial charge on any atom is -0.271 e. The van der Waals surface area contributed by atoms with Gasteiger partial charge in [0, 0.05) is 12.7 Å². The molecule has 0 aliphatic carbocycles. The number of hydrogen-bond donors (Lipinski definition) is 2. The first-order chi connectivity index (χ1) is 8.67. The van der Waals surface area contributed by atoms with Gasteiger partial charge in [0.1, 0.15) is 5.82 Å². The molecule has 0 radical (unpaired) electrons. The number of halogens is 1. The van der Waals surface area contributed by atoms with Crippen molar-refractivity contribution in [3.8, 4) is 0 Å². The smallest absolute Gasteiger partial charge is 0.123 e. The number of aryl methyl sites for hydroxylation is 2. The number of nitrogens with zero attached hydrogens (tertiary/aromatic N) is 2. The van der Waals surface area contributed by atoms with E-state index in [1.165, 1.54) is 12.1 Å². The number of benzene rings is 1. The van der Waals surface area contributed by atoms with E-state index in [1.807, 2.05) is 24.6 Å². The molecule has 0 aliphatic heterocycles. The summed E-state index contributed by atoms with van der Waals surface area (Å²) in [5.41, 5.74) is 5.56. The van der Waals surface area contributed by atoms with Crippen LogP contribution in [0.25, 0.3) is 0 Å². The molecule has 5 heteroatoms. The zero-order valence-corrected chi connectivity index (χ0v) is 10.5. The molecule has 0 aliphatic rings. The topological polar surface area (TPSA) is 55.9 Å². The molecular weight excluding hydrogens is 231 g/mol. The Balaban J connectivity index is 2.45. The van der Waals surface area contributed by atoms with E-state index >= 15 is 0 Å². The normalized spacial score (nSPS) is 12.7. The molecule has 0 fully saturated rings. The third kappa shape index (κ3) is 2.27. The lowest BCUT2D eigenvalue weighted by Gasteiger charge is -2.19. The summed E-state index contributed by atoms with van der Waals surface area (Å²) in [6.45, 7) is 4.65. The van der Waals surface area contributed by atoms with E-state index in [4.69, 9.17) is 5.84 Å². The number of hydrazine groups is 1. The summed E-state index contributed by atoms with van der Waals surface area (Å²) in [5.74, 6) is 5.40. The Morgan fingerprint density at radius 1 is 1.44 bits per heavy atom. The lowest BCUT2D eigenvalue weighted by molar-refractivity contribution is 0.540. The van der Waals surface area contributed by atoms with Gasteiger partial charge in [0.2, 0.25) is 0 Å². The van der Waals surface area contributed by atoms with Crippen molar-refractivity contribution in [1.82, 2.24) is 15.2 Å². The van der Waals surface area contributed by atoms with Crippen LogP contribution in [0.15, 0.2) is 30.5 Å². The lowest BCUT2D eigenvalue weighted by atomic mass is 9.99. The van der Waals surface area contributed by atoms with Crippen LogP contribution in [0.4, 0.5) is 4.39 Å². The van der Waals surface area contributed by atoms with E-state index in [1.54, 1.807) is 12.3 Å². The summed E-state index contributed by atoms with van der Waals surface area (Å²) in [6.07, 6.45) is 1.74. The molecule has 0 saturated heterocycles. The van der Waals surface area contributed by atoms with Gasteiger partial charge in [0.05, 0.1) is 11.7 Å². The van der Waals surface area contributed by atoms with E-state index in [0.717, 1.165) is 23.4 Å². The van der Waals surface area contributed by atoms with Crippen LogP contribution in [0.3, 0.4) is 0 Å². The number of aromatic nitrogens is 2. The first kappa shape index (κ1) is 12.7. The summed E-state index contributed by atoms with van der Waals surface area (Å²) in [6, 6.07) is 6.43. The zero-order valence-electron chi connectivity index (χ0n) is 10.5. The molecule has 0 bridgehead atoms. The first-order valence-corrected chi connectivity index (χ1v) is 5.91. The molecule has 96 valence electrons. The minimum atomic E-state index is -0.240. The van der Waals surface area contributed by atoms with Gasteiger partial charge in [-0.15, -0.1) is 0 Å². The zero-order chi connectivity index (χ0) is 13.1. The van der Waals surface area contributed by atoms with Gasteiger partial charge < -0.3 is 0 Å². The van der Waals surface area contributed by atoms with Crippen molar-refractivity contribution < 1.29 is 4.39 Å². The third-order valence-electron chi connectivity index (χ3n) is 3.05. The summed E-state index contributed by atoms with van der Waals surface area (Å²) in [5, 5.41) is 4.22. The molecule has 0 spiro atoms. The minimum absolute atomic E-state index is 0.187. The molecule has 0 saturated carbocycles. The fourth-order valence-electron chi connectivity index (χ4n) is 2.15. The molecule has 2 rings (SSSR count). The van der Waals surface area contributed by atoms with Crippen LogP contribution in [0.2, 0.25) is 0 Å².